The predicted octanol–water partition coefficient (Wildman–Crippen LogP) is 6.55. The van der Waals surface area contributed by atoms with Crippen molar-refractivity contribution in [2.75, 3.05) is 0 Å². The summed E-state index contributed by atoms with van der Waals surface area (Å²) >= 11 is 0. The molecule has 1 aromatic rings. The van der Waals surface area contributed by atoms with Crippen LogP contribution in [-0.4, -0.2) is 17.5 Å². The molecule has 1 N–H and O–H groups in total. The fraction of sp³-hybridized carbons (Fsp3) is 0.600. The second-order valence-corrected chi connectivity index (χ2v) is 5.96. The van der Waals surface area contributed by atoms with E-state index in [-0.39, 0.29) is 12.5 Å². The van der Waals surface area contributed by atoms with Gasteiger partial charge in [-0.1, -0.05) is 26.0 Å². The number of alkyl halides is 12. The Balaban J connectivity index is 4.25. The van der Waals surface area contributed by atoms with Crippen LogP contribution in [0.3, 0.4) is 0 Å². The van der Waals surface area contributed by atoms with Gasteiger partial charge in [-0.25, -0.2) is 0 Å². The predicted molar refractivity (Wildman–Crippen MR) is 71.2 cm³/mol. The minimum Gasteiger partial charge on any atom is -0.369 e. The van der Waals surface area contributed by atoms with Crippen molar-refractivity contribution >= 4 is 0 Å². The molecule has 0 spiro atoms. The topological polar surface area (TPSA) is 20.2 Å². The lowest BCUT2D eigenvalue weighted by atomic mass is 9.81. The molecular weight excluding hydrogens is 424 g/mol. The van der Waals surface area contributed by atoms with Crippen LogP contribution in [0.1, 0.15) is 48.4 Å². The van der Waals surface area contributed by atoms with E-state index in [0.717, 1.165) is 6.92 Å². The van der Waals surface area contributed by atoms with Crippen LogP contribution >= 0.6 is 0 Å². The van der Waals surface area contributed by atoms with Gasteiger partial charge in [0, 0.05) is 5.56 Å². The molecular formula is C15H12F12O. The van der Waals surface area contributed by atoms with Crippen LogP contribution in [0.5, 0.6) is 0 Å². The molecule has 1 nitrogen and oxygen atoms in total. The van der Waals surface area contributed by atoms with E-state index in [4.69, 9.17) is 0 Å². The number of rotatable bonds is 3. The summed E-state index contributed by atoms with van der Waals surface area (Å²) in [7, 11) is 0. The molecule has 0 bridgehead atoms. The second-order valence-electron chi connectivity index (χ2n) is 5.96. The largest absolute Gasteiger partial charge is 0.430 e. The second kappa shape index (κ2) is 6.99. The first kappa shape index (κ1) is 24.4. The Morgan fingerprint density at radius 2 is 1.14 bits per heavy atom. The fourth-order valence-corrected chi connectivity index (χ4v) is 2.62. The van der Waals surface area contributed by atoms with Crippen LogP contribution < -0.4 is 0 Å². The lowest BCUT2D eigenvalue weighted by Crippen LogP contribution is -2.55. The molecule has 0 saturated heterocycles. The maximum absolute atomic E-state index is 13.4. The first-order chi connectivity index (χ1) is 12.2. The van der Waals surface area contributed by atoms with E-state index in [1.807, 2.05) is 0 Å². The number of hydrogen-bond acceptors (Lipinski definition) is 1. The lowest BCUT2D eigenvalue weighted by molar-refractivity contribution is -0.377. The van der Waals surface area contributed by atoms with E-state index in [2.05, 4.69) is 0 Å². The van der Waals surface area contributed by atoms with Crippen LogP contribution in [0.2, 0.25) is 0 Å². The zero-order chi connectivity index (χ0) is 22.5. The van der Waals surface area contributed by atoms with Gasteiger partial charge in [-0.05, 0) is 17.9 Å². The molecule has 28 heavy (non-hydrogen) atoms. The highest BCUT2D eigenvalue weighted by atomic mass is 19.4. The van der Waals surface area contributed by atoms with Crippen molar-refractivity contribution in [3.8, 4) is 0 Å². The van der Waals surface area contributed by atoms with Crippen LogP contribution in [0, 0.1) is 0 Å². The summed E-state index contributed by atoms with van der Waals surface area (Å²) < 4.78 is 158. The van der Waals surface area contributed by atoms with Crippen molar-refractivity contribution in [3.63, 3.8) is 0 Å². The summed E-state index contributed by atoms with van der Waals surface area (Å²) in [5.74, 6) is -1.28. The number of hydrogen-bond donors (Lipinski definition) is 1. The SMILES string of the molecule is CCC(C)c1ccc(C(O)(C(F)(F)F)C(F)(F)F)c(C(F)(F)F)c1C(F)(F)F. The van der Waals surface area contributed by atoms with Crippen molar-refractivity contribution in [1.29, 1.82) is 0 Å². The van der Waals surface area contributed by atoms with E-state index in [9.17, 15) is 57.8 Å². The van der Waals surface area contributed by atoms with Crippen LogP contribution in [0.25, 0.3) is 0 Å². The third-order valence-electron chi connectivity index (χ3n) is 4.16. The Bertz CT molecular complexity index is 694. The molecule has 0 radical (unpaired) electrons. The van der Waals surface area contributed by atoms with Gasteiger partial charge in [-0.15, -0.1) is 0 Å². The average Bonchev–Trinajstić information content (AvgIpc) is 2.47. The van der Waals surface area contributed by atoms with Crippen molar-refractivity contribution < 1.29 is 57.8 Å². The number of benzene rings is 1. The molecule has 1 unspecified atom stereocenters. The Morgan fingerprint density at radius 1 is 0.750 bits per heavy atom. The first-order valence-electron chi connectivity index (χ1n) is 7.38. The van der Waals surface area contributed by atoms with E-state index in [1.54, 1.807) is 0 Å². The highest BCUT2D eigenvalue weighted by molar-refractivity contribution is 5.49. The smallest absolute Gasteiger partial charge is 0.369 e. The highest BCUT2D eigenvalue weighted by Gasteiger charge is 2.73. The molecule has 0 heterocycles. The third kappa shape index (κ3) is 4.03. The van der Waals surface area contributed by atoms with Crippen LogP contribution in [0.4, 0.5) is 52.7 Å². The molecule has 0 aliphatic rings. The minimum absolute atomic E-state index is 0.0873. The molecule has 0 fully saturated rings. The molecule has 0 aromatic heterocycles. The maximum atomic E-state index is 13.4. The van der Waals surface area contributed by atoms with Crippen molar-refractivity contribution in [1.82, 2.24) is 0 Å². The van der Waals surface area contributed by atoms with Gasteiger partial charge in [0.05, 0.1) is 11.1 Å². The monoisotopic (exact) mass is 436 g/mol. The highest BCUT2D eigenvalue weighted by Crippen LogP contribution is 2.55. The Morgan fingerprint density at radius 3 is 1.43 bits per heavy atom. The first-order valence-corrected chi connectivity index (χ1v) is 7.38. The summed E-state index contributed by atoms with van der Waals surface area (Å²) in [6.07, 6.45) is -26.0. The minimum atomic E-state index is -6.79. The molecule has 0 amide bonds. The Labute approximate surface area is 149 Å². The van der Waals surface area contributed by atoms with Crippen molar-refractivity contribution in [2.24, 2.45) is 0 Å². The van der Waals surface area contributed by atoms with Gasteiger partial charge in [0.1, 0.15) is 0 Å². The van der Waals surface area contributed by atoms with Crippen molar-refractivity contribution in [3.05, 3.63) is 34.4 Å². The molecule has 162 valence electrons. The van der Waals surface area contributed by atoms with Crippen LogP contribution in [0.15, 0.2) is 12.1 Å². The summed E-state index contributed by atoms with van der Waals surface area (Å²) in [6.45, 7) is 2.28. The fourth-order valence-electron chi connectivity index (χ4n) is 2.62. The zero-order valence-electron chi connectivity index (χ0n) is 13.9. The zero-order valence-corrected chi connectivity index (χ0v) is 13.9. The average molecular weight is 436 g/mol. The molecule has 1 aromatic carbocycles. The van der Waals surface area contributed by atoms with Gasteiger partial charge in [-0.2, -0.15) is 52.7 Å². The van der Waals surface area contributed by atoms with Gasteiger partial charge < -0.3 is 5.11 Å². The molecule has 0 saturated carbocycles. The third-order valence-corrected chi connectivity index (χ3v) is 4.16. The molecule has 0 aliphatic carbocycles. The summed E-state index contributed by atoms with van der Waals surface area (Å²) in [5.41, 5.74) is -16.2. The standard InChI is InChI=1S/C15H12F12O/c1-3-6(2)7-4-5-8(11(28,14(22,23)24)15(25,26)27)10(13(19,20)21)9(7)12(16,17)18/h4-6,28H,3H2,1-2H3. The normalized spacial score (nSPS) is 15.7. The van der Waals surface area contributed by atoms with E-state index >= 15 is 0 Å². The van der Waals surface area contributed by atoms with Gasteiger partial charge in [-0.3, -0.25) is 0 Å². The lowest BCUT2D eigenvalue weighted by Gasteiger charge is -2.36. The maximum Gasteiger partial charge on any atom is 0.430 e. The summed E-state index contributed by atoms with van der Waals surface area (Å²) in [5, 5.41) is 9.26. The van der Waals surface area contributed by atoms with Gasteiger partial charge in [0.2, 0.25) is 0 Å². The Kier molecular flexibility index (Phi) is 6.09. The quantitative estimate of drug-likeness (QED) is 0.533. The summed E-state index contributed by atoms with van der Waals surface area (Å²) in [6, 6.07) is -0.329. The van der Waals surface area contributed by atoms with Gasteiger partial charge in [0.15, 0.2) is 0 Å². The molecule has 0 aliphatic heterocycles. The molecule has 13 heteroatoms. The summed E-state index contributed by atoms with van der Waals surface area (Å²) in [4.78, 5) is 0. The number of aliphatic hydroxyl groups is 1. The van der Waals surface area contributed by atoms with Gasteiger partial charge >= 0.3 is 24.7 Å². The van der Waals surface area contributed by atoms with E-state index in [0.29, 0.717) is 0 Å². The molecule has 1 rings (SSSR count). The van der Waals surface area contributed by atoms with E-state index < -0.39 is 64.5 Å². The van der Waals surface area contributed by atoms with Crippen molar-refractivity contribution in [2.45, 2.75) is 56.5 Å². The van der Waals surface area contributed by atoms with Crippen LogP contribution in [-0.2, 0) is 18.0 Å². The molecule has 1 atom stereocenters. The number of halogens is 12. The van der Waals surface area contributed by atoms with Gasteiger partial charge in [0.25, 0.3) is 5.60 Å². The van der Waals surface area contributed by atoms with E-state index in [1.165, 1.54) is 6.92 Å². The Hall–Kier alpha value is -1.66.